The number of aryl methyl sites for hydroxylation is 1. The highest BCUT2D eigenvalue weighted by atomic mass is 16.5. The van der Waals surface area contributed by atoms with Gasteiger partial charge in [-0.1, -0.05) is 46.2 Å². The van der Waals surface area contributed by atoms with Crippen molar-refractivity contribution < 1.29 is 4.74 Å². The Morgan fingerprint density at radius 2 is 1.75 bits per heavy atom. The summed E-state index contributed by atoms with van der Waals surface area (Å²) in [5.41, 5.74) is 1.41. The number of ether oxygens (including phenoxy) is 1. The molecule has 0 fully saturated rings. The molecule has 0 aromatic heterocycles. The maximum absolute atomic E-state index is 6.04. The van der Waals surface area contributed by atoms with Crippen molar-refractivity contribution in [2.75, 3.05) is 13.1 Å². The van der Waals surface area contributed by atoms with Gasteiger partial charge in [0.1, 0.15) is 11.9 Å². The molecular weight excluding hydrogens is 246 g/mol. The summed E-state index contributed by atoms with van der Waals surface area (Å²) in [5.74, 6) is 1.67. The fraction of sp³-hybridized carbons (Fsp3) is 0.667. The lowest BCUT2D eigenvalue weighted by Crippen LogP contribution is -2.32. The molecule has 1 aromatic rings. The second kappa shape index (κ2) is 9.82. The smallest absolute Gasteiger partial charge is 0.119 e. The summed E-state index contributed by atoms with van der Waals surface area (Å²) in [4.78, 5) is 0. The Hall–Kier alpha value is -1.02. The first-order chi connectivity index (χ1) is 9.65. The van der Waals surface area contributed by atoms with Crippen LogP contribution in [-0.4, -0.2) is 19.2 Å². The van der Waals surface area contributed by atoms with E-state index in [1.54, 1.807) is 0 Å². The molecule has 1 rings (SSSR count). The largest absolute Gasteiger partial charge is 0.489 e. The summed E-state index contributed by atoms with van der Waals surface area (Å²) in [7, 11) is 0. The molecule has 0 aliphatic heterocycles. The van der Waals surface area contributed by atoms with Gasteiger partial charge in [-0.2, -0.15) is 0 Å². The Labute approximate surface area is 124 Å². The average Bonchev–Trinajstić information content (AvgIpc) is 2.45. The SMILES string of the molecule is CCCCc1ccc(OC(CC)CNCC(C)C)cc1. The van der Waals surface area contributed by atoms with Crippen LogP contribution < -0.4 is 10.1 Å². The Morgan fingerprint density at radius 3 is 2.30 bits per heavy atom. The first kappa shape index (κ1) is 17.0. The third kappa shape index (κ3) is 6.95. The van der Waals surface area contributed by atoms with E-state index in [9.17, 15) is 0 Å². The van der Waals surface area contributed by atoms with E-state index in [2.05, 4.69) is 57.3 Å². The lowest BCUT2D eigenvalue weighted by atomic mass is 10.1. The maximum atomic E-state index is 6.04. The van der Waals surface area contributed by atoms with E-state index in [0.717, 1.165) is 25.3 Å². The predicted octanol–water partition coefficient (Wildman–Crippen LogP) is 4.43. The van der Waals surface area contributed by atoms with Gasteiger partial charge in [0.15, 0.2) is 0 Å². The number of unbranched alkanes of at least 4 members (excludes halogenated alkanes) is 1. The molecule has 0 spiro atoms. The molecule has 0 bridgehead atoms. The molecule has 0 saturated heterocycles. The van der Waals surface area contributed by atoms with Gasteiger partial charge in [-0.05, 0) is 49.4 Å². The van der Waals surface area contributed by atoms with Crippen LogP contribution in [0.15, 0.2) is 24.3 Å². The summed E-state index contributed by atoms with van der Waals surface area (Å²) in [5, 5.41) is 3.47. The fourth-order valence-electron chi connectivity index (χ4n) is 2.11. The average molecular weight is 277 g/mol. The topological polar surface area (TPSA) is 21.3 Å². The van der Waals surface area contributed by atoms with Crippen LogP contribution >= 0.6 is 0 Å². The minimum atomic E-state index is 0.259. The van der Waals surface area contributed by atoms with E-state index >= 15 is 0 Å². The van der Waals surface area contributed by atoms with Crippen molar-refractivity contribution in [2.45, 2.75) is 59.5 Å². The Balaban J connectivity index is 2.40. The van der Waals surface area contributed by atoms with Crippen LogP contribution in [0.1, 0.15) is 52.5 Å². The minimum absolute atomic E-state index is 0.259. The molecule has 114 valence electrons. The lowest BCUT2D eigenvalue weighted by Gasteiger charge is -2.19. The molecular formula is C18H31NO. The number of hydrogen-bond donors (Lipinski definition) is 1. The highest BCUT2D eigenvalue weighted by molar-refractivity contribution is 5.27. The van der Waals surface area contributed by atoms with Crippen LogP contribution in [0.4, 0.5) is 0 Å². The molecule has 2 heteroatoms. The molecule has 2 nitrogen and oxygen atoms in total. The molecule has 0 saturated carbocycles. The van der Waals surface area contributed by atoms with Gasteiger partial charge in [-0.15, -0.1) is 0 Å². The Bertz CT molecular complexity index is 345. The van der Waals surface area contributed by atoms with Crippen LogP contribution in [0.3, 0.4) is 0 Å². The van der Waals surface area contributed by atoms with E-state index < -0.39 is 0 Å². The van der Waals surface area contributed by atoms with Gasteiger partial charge in [-0.25, -0.2) is 0 Å². The molecule has 20 heavy (non-hydrogen) atoms. The highest BCUT2D eigenvalue weighted by Crippen LogP contribution is 2.16. The van der Waals surface area contributed by atoms with Gasteiger partial charge < -0.3 is 10.1 Å². The van der Waals surface area contributed by atoms with Gasteiger partial charge in [0.2, 0.25) is 0 Å². The highest BCUT2D eigenvalue weighted by Gasteiger charge is 2.08. The van der Waals surface area contributed by atoms with Crippen LogP contribution in [0.2, 0.25) is 0 Å². The van der Waals surface area contributed by atoms with Gasteiger partial charge in [0, 0.05) is 6.54 Å². The van der Waals surface area contributed by atoms with Crippen molar-refractivity contribution in [3.63, 3.8) is 0 Å². The molecule has 1 aromatic carbocycles. The predicted molar refractivity (Wildman–Crippen MR) is 87.5 cm³/mol. The van der Waals surface area contributed by atoms with E-state index in [4.69, 9.17) is 4.74 Å². The van der Waals surface area contributed by atoms with Crippen molar-refractivity contribution in [1.29, 1.82) is 0 Å². The zero-order valence-corrected chi connectivity index (χ0v) is 13.6. The molecule has 0 radical (unpaired) electrons. The van der Waals surface area contributed by atoms with Crippen molar-refractivity contribution >= 4 is 0 Å². The van der Waals surface area contributed by atoms with Gasteiger partial charge in [0.25, 0.3) is 0 Å². The van der Waals surface area contributed by atoms with E-state index in [-0.39, 0.29) is 6.10 Å². The number of hydrogen-bond acceptors (Lipinski definition) is 2. The summed E-state index contributed by atoms with van der Waals surface area (Å²) in [6.07, 6.45) is 4.97. The van der Waals surface area contributed by atoms with E-state index in [0.29, 0.717) is 5.92 Å². The first-order valence-corrected chi connectivity index (χ1v) is 8.12. The second-order valence-corrected chi connectivity index (χ2v) is 5.95. The van der Waals surface area contributed by atoms with Gasteiger partial charge in [-0.3, -0.25) is 0 Å². The maximum Gasteiger partial charge on any atom is 0.119 e. The summed E-state index contributed by atoms with van der Waals surface area (Å²) in [6, 6.07) is 8.60. The number of benzene rings is 1. The fourth-order valence-corrected chi connectivity index (χ4v) is 2.11. The van der Waals surface area contributed by atoms with Crippen molar-refractivity contribution in [3.05, 3.63) is 29.8 Å². The molecule has 1 N–H and O–H groups in total. The monoisotopic (exact) mass is 277 g/mol. The van der Waals surface area contributed by atoms with Crippen molar-refractivity contribution in [1.82, 2.24) is 5.32 Å². The normalized spacial score (nSPS) is 12.7. The third-order valence-corrected chi connectivity index (χ3v) is 3.43. The third-order valence-electron chi connectivity index (χ3n) is 3.43. The van der Waals surface area contributed by atoms with Crippen LogP contribution in [0.25, 0.3) is 0 Å². The molecule has 1 atom stereocenters. The summed E-state index contributed by atoms with van der Waals surface area (Å²) in [6.45, 7) is 10.8. The zero-order valence-electron chi connectivity index (χ0n) is 13.6. The lowest BCUT2D eigenvalue weighted by molar-refractivity contribution is 0.192. The first-order valence-electron chi connectivity index (χ1n) is 8.12. The zero-order chi connectivity index (χ0) is 14.8. The molecule has 0 amide bonds. The molecule has 0 aliphatic rings. The second-order valence-electron chi connectivity index (χ2n) is 5.95. The van der Waals surface area contributed by atoms with E-state index in [1.165, 1.54) is 24.8 Å². The summed E-state index contributed by atoms with van der Waals surface area (Å²) >= 11 is 0. The van der Waals surface area contributed by atoms with Gasteiger partial charge in [0.05, 0.1) is 0 Å². The van der Waals surface area contributed by atoms with Crippen molar-refractivity contribution in [3.8, 4) is 5.75 Å². The van der Waals surface area contributed by atoms with E-state index in [1.807, 2.05) is 0 Å². The van der Waals surface area contributed by atoms with Crippen LogP contribution in [-0.2, 0) is 6.42 Å². The number of rotatable bonds is 10. The summed E-state index contributed by atoms with van der Waals surface area (Å²) < 4.78 is 6.04. The Kier molecular flexibility index (Phi) is 8.36. The molecule has 1 unspecified atom stereocenters. The quantitative estimate of drug-likeness (QED) is 0.683. The Morgan fingerprint density at radius 1 is 1.05 bits per heavy atom. The van der Waals surface area contributed by atoms with Gasteiger partial charge >= 0.3 is 0 Å². The standard InChI is InChI=1S/C18H31NO/c1-5-7-8-16-9-11-18(12-10-16)20-17(6-2)14-19-13-15(3)4/h9-12,15,17,19H,5-8,13-14H2,1-4H3. The molecule has 0 aliphatic carbocycles. The molecule has 0 heterocycles. The van der Waals surface area contributed by atoms with Crippen LogP contribution in [0.5, 0.6) is 5.75 Å². The van der Waals surface area contributed by atoms with Crippen LogP contribution in [0, 0.1) is 5.92 Å². The number of nitrogens with one attached hydrogen (secondary N) is 1. The minimum Gasteiger partial charge on any atom is -0.489 e. The van der Waals surface area contributed by atoms with Crippen molar-refractivity contribution in [2.24, 2.45) is 5.92 Å².